The lowest BCUT2D eigenvalue weighted by Crippen LogP contribution is -2.26. The smallest absolute Gasteiger partial charge is 0.278 e. The van der Waals surface area contributed by atoms with Crippen molar-refractivity contribution >= 4 is 17.2 Å². The van der Waals surface area contributed by atoms with Crippen molar-refractivity contribution < 1.29 is 14.2 Å². The molecule has 0 saturated carbocycles. The molecule has 162 valence electrons. The van der Waals surface area contributed by atoms with Gasteiger partial charge in [0.2, 0.25) is 0 Å². The normalized spacial score (nSPS) is 12.5. The highest BCUT2D eigenvalue weighted by Crippen LogP contribution is 2.32. The molecule has 0 bridgehead atoms. The van der Waals surface area contributed by atoms with Crippen LogP contribution in [0.4, 0.5) is 11.5 Å². The molecule has 0 fully saturated rings. The van der Waals surface area contributed by atoms with Gasteiger partial charge in [-0.25, -0.2) is 9.36 Å². The lowest BCUT2D eigenvalue weighted by molar-refractivity contribution is 0.180. The van der Waals surface area contributed by atoms with Crippen LogP contribution in [0.25, 0.3) is 5.69 Å². The summed E-state index contributed by atoms with van der Waals surface area (Å²) in [7, 11) is 6.61. The lowest BCUT2D eigenvalue weighted by atomic mass is 10.1. The molecule has 0 aliphatic carbocycles. The molecule has 0 amide bonds. The highest BCUT2D eigenvalue weighted by molar-refractivity contribution is 6.09. The summed E-state index contributed by atoms with van der Waals surface area (Å²) in [4.78, 5) is 18.4. The zero-order chi connectivity index (χ0) is 22.0. The molecule has 1 aliphatic heterocycles. The zero-order valence-corrected chi connectivity index (χ0v) is 18.1. The van der Waals surface area contributed by atoms with Gasteiger partial charge in [-0.3, -0.25) is 9.79 Å². The molecule has 3 aromatic rings. The quantitative estimate of drug-likeness (QED) is 0.604. The predicted octanol–water partition coefficient (Wildman–Crippen LogP) is 3.02. The van der Waals surface area contributed by atoms with E-state index in [0.29, 0.717) is 42.5 Å². The van der Waals surface area contributed by atoms with E-state index in [9.17, 15) is 4.79 Å². The number of fused-ring (bicyclic) bond motifs is 1. The Morgan fingerprint density at radius 3 is 2.39 bits per heavy atom. The van der Waals surface area contributed by atoms with Gasteiger partial charge in [0.15, 0.2) is 0 Å². The molecule has 0 saturated heterocycles. The summed E-state index contributed by atoms with van der Waals surface area (Å²) in [6, 6.07) is 13.5. The van der Waals surface area contributed by atoms with Crippen LogP contribution in [0.15, 0.2) is 52.3 Å². The number of benzene rings is 2. The van der Waals surface area contributed by atoms with Crippen molar-refractivity contribution in [3.05, 3.63) is 63.9 Å². The molecule has 1 aromatic heterocycles. The molecule has 0 unspecified atom stereocenters. The molecule has 8 nitrogen and oxygen atoms in total. The number of rotatable bonds is 8. The van der Waals surface area contributed by atoms with Crippen molar-refractivity contribution in [1.29, 1.82) is 0 Å². The molecule has 0 spiro atoms. The summed E-state index contributed by atoms with van der Waals surface area (Å²) in [6.45, 7) is 0.768. The van der Waals surface area contributed by atoms with E-state index in [2.05, 4.69) is 5.32 Å². The summed E-state index contributed by atoms with van der Waals surface area (Å²) in [6.07, 6.45) is 0.607. The molecule has 31 heavy (non-hydrogen) atoms. The van der Waals surface area contributed by atoms with E-state index in [0.717, 1.165) is 22.6 Å². The number of aliphatic imine (C=N–C) groups is 1. The molecule has 8 heteroatoms. The highest BCUT2D eigenvalue weighted by atomic mass is 16.5. The van der Waals surface area contributed by atoms with Crippen molar-refractivity contribution in [2.24, 2.45) is 4.99 Å². The van der Waals surface area contributed by atoms with Crippen molar-refractivity contribution in [3.63, 3.8) is 0 Å². The second-order valence-electron chi connectivity index (χ2n) is 7.14. The van der Waals surface area contributed by atoms with Gasteiger partial charge < -0.3 is 19.5 Å². The van der Waals surface area contributed by atoms with Crippen molar-refractivity contribution in [1.82, 2.24) is 9.36 Å². The number of hydrogen-bond acceptors (Lipinski definition) is 6. The van der Waals surface area contributed by atoms with Gasteiger partial charge in [-0.15, -0.1) is 0 Å². The number of nitrogens with zero attached hydrogens (tertiary/aromatic N) is 3. The first-order valence-corrected chi connectivity index (χ1v) is 10.0. The Labute approximate surface area is 180 Å². The maximum Gasteiger partial charge on any atom is 0.278 e. The van der Waals surface area contributed by atoms with Gasteiger partial charge in [0.05, 0.1) is 44.5 Å². The summed E-state index contributed by atoms with van der Waals surface area (Å²) < 4.78 is 19.7. The predicted molar refractivity (Wildman–Crippen MR) is 121 cm³/mol. The number of hydrogen-bond donors (Lipinski definition) is 1. The maximum atomic E-state index is 13.6. The Bertz CT molecular complexity index is 1170. The number of aromatic nitrogens is 2. The number of methoxy groups -OCH3 is 3. The largest absolute Gasteiger partial charge is 0.497 e. The van der Waals surface area contributed by atoms with Crippen molar-refractivity contribution in [2.45, 2.75) is 13.0 Å². The van der Waals surface area contributed by atoms with E-state index in [1.54, 1.807) is 39.1 Å². The Balaban J connectivity index is 1.94. The first kappa shape index (κ1) is 20.7. The minimum atomic E-state index is -0.130. The molecule has 1 N–H and O–H groups in total. The van der Waals surface area contributed by atoms with E-state index in [1.165, 1.54) is 0 Å². The number of nitrogens with one attached hydrogen (secondary N) is 1. The molecule has 1 aliphatic rings. The third kappa shape index (κ3) is 3.70. The first-order valence-electron chi connectivity index (χ1n) is 10.0. The van der Waals surface area contributed by atoms with Crippen molar-refractivity contribution in [2.75, 3.05) is 40.3 Å². The summed E-state index contributed by atoms with van der Waals surface area (Å²) in [5.74, 6) is 1.91. The summed E-state index contributed by atoms with van der Waals surface area (Å²) >= 11 is 0. The average Bonchev–Trinajstić information content (AvgIpc) is 3.35. The zero-order valence-electron chi connectivity index (χ0n) is 18.1. The monoisotopic (exact) mass is 422 g/mol. The fourth-order valence-corrected chi connectivity index (χ4v) is 3.88. The van der Waals surface area contributed by atoms with Gasteiger partial charge in [0.25, 0.3) is 5.56 Å². The Hall–Kier alpha value is -3.52. The van der Waals surface area contributed by atoms with Gasteiger partial charge in [-0.05, 0) is 11.6 Å². The van der Waals surface area contributed by atoms with Crippen LogP contribution in [0.2, 0.25) is 0 Å². The summed E-state index contributed by atoms with van der Waals surface area (Å²) in [5.41, 5.74) is 3.91. The fourth-order valence-electron chi connectivity index (χ4n) is 3.88. The summed E-state index contributed by atoms with van der Waals surface area (Å²) in [5, 5.41) is 3.22. The lowest BCUT2D eigenvalue weighted by Gasteiger charge is -2.16. The maximum absolute atomic E-state index is 13.6. The van der Waals surface area contributed by atoms with E-state index in [1.807, 2.05) is 41.1 Å². The van der Waals surface area contributed by atoms with Gasteiger partial charge >= 0.3 is 0 Å². The number of para-hydroxylation sites is 1. The van der Waals surface area contributed by atoms with Crippen LogP contribution < -0.4 is 20.3 Å². The average molecular weight is 422 g/mol. The molecule has 2 heterocycles. The van der Waals surface area contributed by atoms with Crippen LogP contribution in [-0.2, 0) is 17.7 Å². The van der Waals surface area contributed by atoms with Gasteiger partial charge in [0, 0.05) is 38.8 Å². The molecule has 0 radical (unpaired) electrons. The van der Waals surface area contributed by atoms with Crippen LogP contribution >= 0.6 is 0 Å². The minimum Gasteiger partial charge on any atom is -0.497 e. The SMILES string of the molecule is CNc1c(C2=Nc3ccccc3C2)c(=O)n(CCOC)n1-c1cc(OC)cc(OC)c1. The van der Waals surface area contributed by atoms with Crippen LogP contribution in [-0.4, -0.2) is 50.1 Å². The Morgan fingerprint density at radius 2 is 1.77 bits per heavy atom. The van der Waals surface area contributed by atoms with Gasteiger partial charge in [-0.1, -0.05) is 18.2 Å². The third-order valence-electron chi connectivity index (χ3n) is 5.36. The topological polar surface area (TPSA) is 79.0 Å². The van der Waals surface area contributed by atoms with E-state index >= 15 is 0 Å². The van der Waals surface area contributed by atoms with Crippen LogP contribution in [0.3, 0.4) is 0 Å². The van der Waals surface area contributed by atoms with E-state index in [4.69, 9.17) is 19.2 Å². The standard InChI is InChI=1S/C23H26N4O4/c1-24-22-21(20-11-15-7-5-6-8-19(15)25-20)23(28)26(9-10-29-2)27(22)16-12-17(30-3)14-18(13-16)31-4/h5-8,12-14,24H,9-11H2,1-4H3. The highest BCUT2D eigenvalue weighted by Gasteiger charge is 2.27. The molecule has 4 rings (SSSR count). The molecule has 0 atom stereocenters. The van der Waals surface area contributed by atoms with E-state index in [-0.39, 0.29) is 5.56 Å². The van der Waals surface area contributed by atoms with Crippen molar-refractivity contribution in [3.8, 4) is 17.2 Å². The van der Waals surface area contributed by atoms with Crippen LogP contribution in [0.1, 0.15) is 11.1 Å². The number of ether oxygens (including phenoxy) is 3. The Kier molecular flexibility index (Phi) is 5.81. The van der Waals surface area contributed by atoms with E-state index < -0.39 is 0 Å². The minimum absolute atomic E-state index is 0.130. The second-order valence-corrected chi connectivity index (χ2v) is 7.14. The van der Waals surface area contributed by atoms with Crippen LogP contribution in [0, 0.1) is 0 Å². The van der Waals surface area contributed by atoms with Gasteiger partial charge in [0.1, 0.15) is 22.9 Å². The Morgan fingerprint density at radius 1 is 1.06 bits per heavy atom. The fraction of sp³-hybridized carbons (Fsp3) is 0.304. The number of anilines is 1. The molecular formula is C23H26N4O4. The van der Waals surface area contributed by atoms with Crippen LogP contribution in [0.5, 0.6) is 11.5 Å². The first-order chi connectivity index (χ1) is 15.1. The third-order valence-corrected chi connectivity index (χ3v) is 5.36. The second kappa shape index (κ2) is 8.69. The van der Waals surface area contributed by atoms with Gasteiger partial charge in [-0.2, -0.15) is 0 Å². The molecular weight excluding hydrogens is 396 g/mol. The molecule has 2 aromatic carbocycles.